The minimum atomic E-state index is -4.17. The number of amides is 2. The van der Waals surface area contributed by atoms with Crippen LogP contribution in [-0.2, 0) is 32.6 Å². The normalized spacial score (nSPS) is 12.0. The van der Waals surface area contributed by atoms with E-state index in [1.54, 1.807) is 36.4 Å². The zero-order chi connectivity index (χ0) is 30.8. The van der Waals surface area contributed by atoms with Crippen LogP contribution in [0, 0.1) is 5.92 Å². The number of anilines is 1. The number of sulfonamides is 1. The third-order valence-corrected chi connectivity index (χ3v) is 8.88. The fraction of sp³-hybridized carbons (Fsp3) is 0.235. The lowest BCUT2D eigenvalue weighted by Gasteiger charge is -2.34. The van der Waals surface area contributed by atoms with E-state index in [2.05, 4.69) is 5.32 Å². The van der Waals surface area contributed by atoms with Gasteiger partial charge in [-0.2, -0.15) is 0 Å². The van der Waals surface area contributed by atoms with Gasteiger partial charge in [0.15, 0.2) is 0 Å². The van der Waals surface area contributed by atoms with Crippen LogP contribution in [0.4, 0.5) is 5.69 Å². The Labute approximate surface area is 259 Å². The lowest BCUT2D eigenvalue weighted by molar-refractivity contribution is -0.140. The van der Waals surface area contributed by atoms with Crippen LogP contribution in [0.3, 0.4) is 0 Å². The predicted octanol–water partition coefficient (Wildman–Crippen LogP) is 5.95. The molecule has 9 heteroatoms. The molecule has 0 unspecified atom stereocenters. The summed E-state index contributed by atoms with van der Waals surface area (Å²) in [6.07, 6.45) is 0.256. The second-order valence-electron chi connectivity index (χ2n) is 10.7. The van der Waals surface area contributed by atoms with Crippen LogP contribution in [0.1, 0.15) is 25.0 Å². The third kappa shape index (κ3) is 8.69. The van der Waals surface area contributed by atoms with E-state index in [1.165, 1.54) is 23.1 Å². The van der Waals surface area contributed by atoms with Crippen molar-refractivity contribution >= 4 is 39.1 Å². The number of rotatable bonds is 13. The molecule has 0 heterocycles. The minimum absolute atomic E-state index is 0.0351. The molecule has 0 spiro atoms. The first-order valence-corrected chi connectivity index (χ1v) is 16.0. The summed E-state index contributed by atoms with van der Waals surface area (Å²) in [5, 5.41) is 3.32. The van der Waals surface area contributed by atoms with E-state index >= 15 is 0 Å². The maximum absolute atomic E-state index is 14.4. The smallest absolute Gasteiger partial charge is 0.264 e. The highest BCUT2D eigenvalue weighted by Crippen LogP contribution is 2.27. The molecule has 1 atom stereocenters. The first-order valence-electron chi connectivity index (χ1n) is 14.1. The molecule has 0 aliphatic heterocycles. The van der Waals surface area contributed by atoms with Gasteiger partial charge in [0.05, 0.1) is 10.6 Å². The predicted molar refractivity (Wildman–Crippen MR) is 171 cm³/mol. The maximum Gasteiger partial charge on any atom is 0.264 e. The molecule has 224 valence electrons. The molecule has 43 heavy (non-hydrogen) atoms. The van der Waals surface area contributed by atoms with Crippen molar-refractivity contribution in [3.8, 4) is 0 Å². The standard InChI is InChI=1S/C34H36ClN3O4S/c1-26(2)23-36-34(40)32(21-27-13-6-3-7-14-27)37(24-28-15-8-4-9-16-28)33(39)25-38(30-18-12-17-29(35)22-30)43(41,42)31-19-10-5-11-20-31/h3-20,22,26,32H,21,23-25H2,1-2H3,(H,36,40)/t32-/m1/s1. The Bertz CT molecular complexity index is 1600. The molecular formula is C34H36ClN3O4S. The van der Waals surface area contributed by atoms with Crippen LogP contribution >= 0.6 is 11.6 Å². The molecule has 0 aliphatic carbocycles. The fourth-order valence-corrected chi connectivity index (χ4v) is 6.25. The number of carbonyl (C=O) groups is 2. The topological polar surface area (TPSA) is 86.8 Å². The average molecular weight is 618 g/mol. The van der Waals surface area contributed by atoms with Crippen molar-refractivity contribution < 1.29 is 18.0 Å². The van der Waals surface area contributed by atoms with Gasteiger partial charge in [-0.15, -0.1) is 0 Å². The molecule has 1 N–H and O–H groups in total. The van der Waals surface area contributed by atoms with Crippen LogP contribution in [0.2, 0.25) is 5.02 Å². The van der Waals surface area contributed by atoms with Crippen molar-refractivity contribution in [3.05, 3.63) is 131 Å². The summed E-state index contributed by atoms with van der Waals surface area (Å²) in [6.45, 7) is 4.01. The minimum Gasteiger partial charge on any atom is -0.354 e. The monoisotopic (exact) mass is 617 g/mol. The van der Waals surface area contributed by atoms with Gasteiger partial charge in [-0.05, 0) is 47.4 Å². The van der Waals surface area contributed by atoms with Gasteiger partial charge in [-0.25, -0.2) is 8.42 Å². The van der Waals surface area contributed by atoms with E-state index in [4.69, 9.17) is 11.6 Å². The molecule has 0 aromatic heterocycles. The van der Waals surface area contributed by atoms with Crippen molar-refractivity contribution in [1.29, 1.82) is 0 Å². The molecule has 4 aromatic rings. The van der Waals surface area contributed by atoms with Gasteiger partial charge in [0.25, 0.3) is 10.0 Å². The molecule has 7 nitrogen and oxygen atoms in total. The van der Waals surface area contributed by atoms with E-state index in [9.17, 15) is 18.0 Å². The lowest BCUT2D eigenvalue weighted by atomic mass is 10.0. The van der Waals surface area contributed by atoms with Crippen molar-refractivity contribution in [3.63, 3.8) is 0 Å². The van der Waals surface area contributed by atoms with Crippen molar-refractivity contribution in [2.45, 2.75) is 37.8 Å². The average Bonchev–Trinajstić information content (AvgIpc) is 3.01. The maximum atomic E-state index is 14.4. The number of nitrogens with one attached hydrogen (secondary N) is 1. The summed E-state index contributed by atoms with van der Waals surface area (Å²) in [7, 11) is -4.17. The molecule has 0 radical (unpaired) electrons. The highest BCUT2D eigenvalue weighted by atomic mass is 35.5. The number of carbonyl (C=O) groups excluding carboxylic acids is 2. The highest BCUT2D eigenvalue weighted by Gasteiger charge is 2.34. The van der Waals surface area contributed by atoms with Gasteiger partial charge in [0.1, 0.15) is 12.6 Å². The second-order valence-corrected chi connectivity index (χ2v) is 13.0. The fourth-order valence-electron chi connectivity index (χ4n) is 4.64. The van der Waals surface area contributed by atoms with Crippen LogP contribution in [-0.4, -0.2) is 44.3 Å². The van der Waals surface area contributed by atoms with Crippen LogP contribution in [0.15, 0.2) is 120 Å². The number of benzene rings is 4. The zero-order valence-electron chi connectivity index (χ0n) is 24.3. The van der Waals surface area contributed by atoms with Gasteiger partial charge >= 0.3 is 0 Å². The Balaban J connectivity index is 1.78. The summed E-state index contributed by atoms with van der Waals surface area (Å²) >= 11 is 6.26. The molecule has 4 aromatic carbocycles. The van der Waals surface area contributed by atoms with E-state index in [1.807, 2.05) is 74.5 Å². The quantitative estimate of drug-likeness (QED) is 0.201. The molecule has 0 bridgehead atoms. The van der Waals surface area contributed by atoms with Gasteiger partial charge < -0.3 is 10.2 Å². The first kappa shape index (κ1) is 31.8. The number of hydrogen-bond donors (Lipinski definition) is 1. The summed E-state index contributed by atoms with van der Waals surface area (Å²) in [5.74, 6) is -0.625. The SMILES string of the molecule is CC(C)CNC(=O)[C@@H](Cc1ccccc1)N(Cc1ccccc1)C(=O)CN(c1cccc(Cl)c1)S(=O)(=O)c1ccccc1. The number of halogens is 1. The highest BCUT2D eigenvalue weighted by molar-refractivity contribution is 7.92. The molecule has 2 amide bonds. The molecule has 0 aliphatic rings. The second kappa shape index (κ2) is 14.8. The zero-order valence-corrected chi connectivity index (χ0v) is 25.8. The largest absolute Gasteiger partial charge is 0.354 e. The molecule has 4 rings (SSSR count). The Morgan fingerprint density at radius 3 is 1.95 bits per heavy atom. The number of hydrogen-bond acceptors (Lipinski definition) is 4. The van der Waals surface area contributed by atoms with E-state index in [0.717, 1.165) is 15.4 Å². The Morgan fingerprint density at radius 1 is 0.791 bits per heavy atom. The summed E-state index contributed by atoms with van der Waals surface area (Å²) in [4.78, 5) is 29.6. The lowest BCUT2D eigenvalue weighted by Crippen LogP contribution is -2.53. The van der Waals surface area contributed by atoms with Crippen LogP contribution in [0.25, 0.3) is 0 Å². The van der Waals surface area contributed by atoms with E-state index < -0.39 is 28.5 Å². The van der Waals surface area contributed by atoms with Gasteiger partial charge in [-0.1, -0.05) is 110 Å². The van der Waals surface area contributed by atoms with E-state index in [-0.39, 0.29) is 35.4 Å². The van der Waals surface area contributed by atoms with Gasteiger partial charge in [0, 0.05) is 24.5 Å². The molecule has 0 saturated heterocycles. The summed E-state index contributed by atoms with van der Waals surface area (Å²) < 4.78 is 29.0. The van der Waals surface area contributed by atoms with E-state index in [0.29, 0.717) is 11.6 Å². The van der Waals surface area contributed by atoms with Crippen LogP contribution in [0.5, 0.6) is 0 Å². The third-order valence-electron chi connectivity index (χ3n) is 6.86. The molecular weight excluding hydrogens is 582 g/mol. The van der Waals surface area contributed by atoms with Crippen molar-refractivity contribution in [2.75, 3.05) is 17.4 Å². The van der Waals surface area contributed by atoms with Crippen molar-refractivity contribution in [2.24, 2.45) is 5.92 Å². The van der Waals surface area contributed by atoms with Crippen molar-refractivity contribution in [1.82, 2.24) is 10.2 Å². The Kier molecular flexibility index (Phi) is 11.0. The van der Waals surface area contributed by atoms with Gasteiger partial charge in [-0.3, -0.25) is 13.9 Å². The molecule has 0 fully saturated rings. The summed E-state index contributed by atoms with van der Waals surface area (Å²) in [5.41, 5.74) is 1.93. The van der Waals surface area contributed by atoms with Crippen LogP contribution < -0.4 is 9.62 Å². The Hall–Kier alpha value is -4.14. The first-order chi connectivity index (χ1) is 20.6. The Morgan fingerprint density at radius 2 is 1.37 bits per heavy atom. The number of nitrogens with zero attached hydrogens (tertiary/aromatic N) is 2. The van der Waals surface area contributed by atoms with Gasteiger partial charge in [0.2, 0.25) is 11.8 Å². The summed E-state index contributed by atoms with van der Waals surface area (Å²) in [6, 6.07) is 32.2. The molecule has 0 saturated carbocycles.